The third kappa shape index (κ3) is 19.2. The smallest absolute Gasteiger partial charge is 0.303 e. The van der Waals surface area contributed by atoms with E-state index in [4.69, 9.17) is 10.2 Å². The first kappa shape index (κ1) is 21.2. The van der Waals surface area contributed by atoms with E-state index in [1.807, 2.05) is 0 Å². The SMILES string of the molecule is O=C(O)CCCNCCNCCNCCNCCNCCO. The summed E-state index contributed by atoms with van der Waals surface area (Å²) in [5.41, 5.74) is 0. The first-order valence-corrected chi connectivity index (χ1v) is 8.13. The van der Waals surface area contributed by atoms with E-state index in [1.54, 1.807) is 0 Å². The maximum atomic E-state index is 10.3. The van der Waals surface area contributed by atoms with Gasteiger partial charge in [0.25, 0.3) is 0 Å². The fraction of sp³-hybridized carbons (Fsp3) is 0.929. The van der Waals surface area contributed by atoms with Crippen LogP contribution in [0.4, 0.5) is 0 Å². The van der Waals surface area contributed by atoms with Gasteiger partial charge in [0.05, 0.1) is 6.61 Å². The Morgan fingerprint density at radius 3 is 1.36 bits per heavy atom. The molecule has 0 bridgehead atoms. The highest BCUT2D eigenvalue weighted by molar-refractivity contribution is 5.66. The van der Waals surface area contributed by atoms with Gasteiger partial charge in [-0.3, -0.25) is 4.79 Å². The molecule has 0 aromatic rings. The summed E-state index contributed by atoms with van der Waals surface area (Å²) in [6.07, 6.45) is 0.912. The standard InChI is InChI=1S/C14H33N5O3/c20-13-12-19-11-10-18-9-8-17-7-6-16-5-4-15-3-1-2-14(21)22/h15-20H,1-13H2,(H,21,22). The van der Waals surface area contributed by atoms with Gasteiger partial charge in [0.1, 0.15) is 0 Å². The summed E-state index contributed by atoms with van der Waals surface area (Å²) in [7, 11) is 0. The Labute approximate surface area is 133 Å². The molecule has 0 saturated carbocycles. The van der Waals surface area contributed by atoms with Gasteiger partial charge >= 0.3 is 5.97 Å². The summed E-state index contributed by atoms with van der Waals surface area (Å²) >= 11 is 0. The first-order chi connectivity index (χ1) is 10.8. The Balaban J connectivity index is 2.95. The molecule has 0 aromatic carbocycles. The molecule has 0 aromatic heterocycles. The van der Waals surface area contributed by atoms with Crippen molar-refractivity contribution in [2.45, 2.75) is 12.8 Å². The van der Waals surface area contributed by atoms with Crippen molar-refractivity contribution in [3.63, 3.8) is 0 Å². The molecular formula is C14H33N5O3. The Morgan fingerprint density at radius 2 is 1.00 bits per heavy atom. The van der Waals surface area contributed by atoms with Gasteiger partial charge in [-0.25, -0.2) is 0 Å². The number of rotatable bonds is 18. The topological polar surface area (TPSA) is 118 Å². The molecule has 0 amide bonds. The van der Waals surface area contributed by atoms with Crippen molar-refractivity contribution in [2.24, 2.45) is 0 Å². The minimum absolute atomic E-state index is 0.187. The van der Waals surface area contributed by atoms with Crippen LogP contribution in [0.15, 0.2) is 0 Å². The predicted octanol–water partition coefficient (Wildman–Crippen LogP) is -2.21. The highest BCUT2D eigenvalue weighted by atomic mass is 16.4. The molecule has 8 heteroatoms. The third-order valence-corrected chi connectivity index (χ3v) is 2.95. The second-order valence-corrected chi connectivity index (χ2v) is 4.97. The third-order valence-electron chi connectivity index (χ3n) is 2.95. The lowest BCUT2D eigenvalue weighted by atomic mass is 10.3. The van der Waals surface area contributed by atoms with Gasteiger partial charge in [0, 0.05) is 65.3 Å². The lowest BCUT2D eigenvalue weighted by molar-refractivity contribution is -0.137. The van der Waals surface area contributed by atoms with Crippen LogP contribution in [0.1, 0.15) is 12.8 Å². The molecule has 8 nitrogen and oxygen atoms in total. The van der Waals surface area contributed by atoms with E-state index < -0.39 is 5.97 Å². The zero-order chi connectivity index (χ0) is 16.3. The van der Waals surface area contributed by atoms with Crippen molar-refractivity contribution in [2.75, 3.05) is 72.1 Å². The number of carboxylic acids is 1. The van der Waals surface area contributed by atoms with Gasteiger partial charge in [-0.1, -0.05) is 0 Å². The van der Waals surface area contributed by atoms with Crippen molar-refractivity contribution in [1.82, 2.24) is 26.6 Å². The van der Waals surface area contributed by atoms with Crippen LogP contribution in [0.5, 0.6) is 0 Å². The van der Waals surface area contributed by atoms with Crippen molar-refractivity contribution in [3.05, 3.63) is 0 Å². The lowest BCUT2D eigenvalue weighted by Gasteiger charge is -2.08. The summed E-state index contributed by atoms with van der Waals surface area (Å²) in [5.74, 6) is -0.734. The van der Waals surface area contributed by atoms with E-state index in [0.717, 1.165) is 58.9 Å². The lowest BCUT2D eigenvalue weighted by Crippen LogP contribution is -2.36. The van der Waals surface area contributed by atoms with Gasteiger partial charge < -0.3 is 36.8 Å². The van der Waals surface area contributed by atoms with Crippen LogP contribution in [0, 0.1) is 0 Å². The highest BCUT2D eigenvalue weighted by Gasteiger charge is 1.95. The van der Waals surface area contributed by atoms with Crippen LogP contribution in [0.3, 0.4) is 0 Å². The molecule has 0 saturated heterocycles. The first-order valence-electron chi connectivity index (χ1n) is 8.13. The van der Waals surface area contributed by atoms with Gasteiger partial charge in [-0.15, -0.1) is 0 Å². The van der Waals surface area contributed by atoms with Crippen LogP contribution in [-0.2, 0) is 4.79 Å². The van der Waals surface area contributed by atoms with Gasteiger partial charge in [-0.2, -0.15) is 0 Å². The van der Waals surface area contributed by atoms with E-state index in [1.165, 1.54) is 0 Å². The molecule has 0 aliphatic carbocycles. The number of aliphatic hydroxyl groups excluding tert-OH is 1. The molecule has 0 spiro atoms. The van der Waals surface area contributed by atoms with Crippen molar-refractivity contribution >= 4 is 5.97 Å². The molecule has 0 heterocycles. The monoisotopic (exact) mass is 319 g/mol. The number of carbonyl (C=O) groups is 1. The Kier molecular flexibility index (Phi) is 17.6. The Morgan fingerprint density at radius 1 is 0.636 bits per heavy atom. The fourth-order valence-corrected chi connectivity index (χ4v) is 1.78. The zero-order valence-corrected chi connectivity index (χ0v) is 13.5. The van der Waals surface area contributed by atoms with Gasteiger partial charge in [0.2, 0.25) is 0 Å². The zero-order valence-electron chi connectivity index (χ0n) is 13.5. The van der Waals surface area contributed by atoms with Crippen LogP contribution in [0.25, 0.3) is 0 Å². The summed E-state index contributed by atoms with van der Waals surface area (Å²) in [4.78, 5) is 10.3. The molecule has 0 atom stereocenters. The number of hydrogen-bond donors (Lipinski definition) is 7. The Hall–Kier alpha value is -0.770. The van der Waals surface area contributed by atoms with E-state index in [9.17, 15) is 4.79 Å². The number of aliphatic carboxylic acids is 1. The molecule has 0 rings (SSSR count). The van der Waals surface area contributed by atoms with E-state index in [2.05, 4.69) is 26.6 Å². The summed E-state index contributed by atoms with van der Waals surface area (Å²) in [5, 5.41) is 33.3. The quantitative estimate of drug-likeness (QED) is 0.142. The number of hydrogen-bond acceptors (Lipinski definition) is 7. The molecule has 132 valence electrons. The Bertz CT molecular complexity index is 245. The molecule has 0 aliphatic heterocycles. The average molecular weight is 319 g/mol. The molecule has 0 radical (unpaired) electrons. The molecule has 7 N–H and O–H groups in total. The summed E-state index contributed by atoms with van der Waals surface area (Å²) < 4.78 is 0. The van der Waals surface area contributed by atoms with Crippen molar-refractivity contribution < 1.29 is 15.0 Å². The fourth-order valence-electron chi connectivity index (χ4n) is 1.78. The van der Waals surface area contributed by atoms with Gasteiger partial charge in [-0.05, 0) is 13.0 Å². The van der Waals surface area contributed by atoms with Crippen LogP contribution in [-0.4, -0.2) is 88.2 Å². The van der Waals surface area contributed by atoms with Crippen LogP contribution in [0.2, 0.25) is 0 Å². The summed E-state index contributed by atoms with van der Waals surface area (Å²) in [6, 6.07) is 0. The molecule has 0 unspecified atom stereocenters. The second-order valence-electron chi connectivity index (χ2n) is 4.97. The van der Waals surface area contributed by atoms with E-state index >= 15 is 0 Å². The van der Waals surface area contributed by atoms with Gasteiger partial charge in [0.15, 0.2) is 0 Å². The normalized spacial score (nSPS) is 11.0. The number of carboxylic acid groups (broad SMARTS) is 1. The van der Waals surface area contributed by atoms with Crippen LogP contribution < -0.4 is 26.6 Å². The molecule has 22 heavy (non-hydrogen) atoms. The van der Waals surface area contributed by atoms with Crippen LogP contribution >= 0.6 is 0 Å². The summed E-state index contributed by atoms with van der Waals surface area (Å²) in [6.45, 7) is 8.87. The molecular weight excluding hydrogens is 286 g/mol. The predicted molar refractivity (Wildman–Crippen MR) is 88.3 cm³/mol. The maximum Gasteiger partial charge on any atom is 0.303 e. The highest BCUT2D eigenvalue weighted by Crippen LogP contribution is 1.84. The van der Waals surface area contributed by atoms with E-state index in [0.29, 0.717) is 13.0 Å². The average Bonchev–Trinajstić information content (AvgIpc) is 2.50. The molecule has 0 fully saturated rings. The van der Waals surface area contributed by atoms with E-state index in [-0.39, 0.29) is 13.0 Å². The second kappa shape index (κ2) is 18.3. The van der Waals surface area contributed by atoms with Crippen molar-refractivity contribution in [3.8, 4) is 0 Å². The minimum Gasteiger partial charge on any atom is -0.481 e. The van der Waals surface area contributed by atoms with Crippen molar-refractivity contribution in [1.29, 1.82) is 0 Å². The maximum absolute atomic E-state index is 10.3. The number of nitrogens with one attached hydrogen (secondary N) is 5. The molecule has 0 aliphatic rings. The minimum atomic E-state index is -0.734. The largest absolute Gasteiger partial charge is 0.481 e. The number of aliphatic hydroxyl groups is 1.